The van der Waals surface area contributed by atoms with Crippen molar-refractivity contribution in [2.45, 2.75) is 45.7 Å². The molecular weight excluding hydrogens is 408 g/mol. The quantitative estimate of drug-likeness (QED) is 0.643. The number of nitrogens with zero attached hydrogens (tertiary/aromatic N) is 3. The second kappa shape index (κ2) is 7.81. The van der Waals surface area contributed by atoms with Gasteiger partial charge in [-0.3, -0.25) is 4.79 Å². The third-order valence-corrected chi connectivity index (χ3v) is 6.47. The number of piperazine rings is 1. The summed E-state index contributed by atoms with van der Waals surface area (Å²) in [7, 11) is 0. The molecule has 6 heteroatoms. The predicted octanol–water partition coefficient (Wildman–Crippen LogP) is 4.54. The van der Waals surface area contributed by atoms with Crippen molar-refractivity contribution in [3.05, 3.63) is 64.1 Å². The summed E-state index contributed by atoms with van der Waals surface area (Å²) in [5, 5.41) is 4.18. The van der Waals surface area contributed by atoms with Crippen molar-refractivity contribution in [2.24, 2.45) is 0 Å². The number of allylic oxidation sites excluding steroid dienone is 1. The van der Waals surface area contributed by atoms with Gasteiger partial charge in [0.1, 0.15) is 0 Å². The number of nitrogens with one attached hydrogen (secondary N) is 1. The fraction of sp³-hybridized carbons (Fsp3) is 0.360. The maximum absolute atomic E-state index is 13.0. The number of imidazole rings is 1. The van der Waals surface area contributed by atoms with Crippen LogP contribution in [0.3, 0.4) is 0 Å². The van der Waals surface area contributed by atoms with Gasteiger partial charge in [0.25, 0.3) is 0 Å². The van der Waals surface area contributed by atoms with Gasteiger partial charge in [-0.05, 0) is 68.2 Å². The molecule has 5 nitrogen and oxygen atoms in total. The number of ketones is 1. The number of fused-ring (bicyclic) bond motifs is 2. The Labute approximate surface area is 187 Å². The van der Waals surface area contributed by atoms with Crippen LogP contribution < -0.4 is 10.2 Å². The number of halogens is 1. The van der Waals surface area contributed by atoms with Gasteiger partial charge in [0.2, 0.25) is 0 Å². The Morgan fingerprint density at radius 2 is 1.87 bits per heavy atom. The van der Waals surface area contributed by atoms with Gasteiger partial charge >= 0.3 is 0 Å². The molecule has 0 unspecified atom stereocenters. The Morgan fingerprint density at radius 1 is 1.10 bits per heavy atom. The monoisotopic (exact) mass is 434 g/mol. The summed E-state index contributed by atoms with van der Waals surface area (Å²) in [5.41, 5.74) is 6.62. The van der Waals surface area contributed by atoms with E-state index in [1.807, 2.05) is 35.9 Å². The van der Waals surface area contributed by atoms with Crippen LogP contribution in [0, 0.1) is 6.92 Å². The Kier molecular flexibility index (Phi) is 5.11. The third kappa shape index (κ3) is 3.88. The van der Waals surface area contributed by atoms with Crippen molar-refractivity contribution in [3.63, 3.8) is 0 Å². The van der Waals surface area contributed by atoms with Gasteiger partial charge in [0.05, 0.1) is 10.7 Å². The van der Waals surface area contributed by atoms with E-state index in [-0.39, 0.29) is 5.78 Å². The maximum atomic E-state index is 13.0. The van der Waals surface area contributed by atoms with Crippen LogP contribution in [0.4, 0.5) is 5.69 Å². The van der Waals surface area contributed by atoms with Crippen molar-refractivity contribution < 1.29 is 4.79 Å². The molecule has 3 aromatic rings. The van der Waals surface area contributed by atoms with Crippen LogP contribution in [0.25, 0.3) is 17.3 Å². The molecule has 0 radical (unpaired) electrons. The van der Waals surface area contributed by atoms with E-state index in [9.17, 15) is 4.79 Å². The van der Waals surface area contributed by atoms with Gasteiger partial charge in [-0.1, -0.05) is 17.7 Å². The lowest BCUT2D eigenvalue weighted by atomic mass is 10.0. The van der Waals surface area contributed by atoms with Gasteiger partial charge in [-0.15, -0.1) is 0 Å². The lowest BCUT2D eigenvalue weighted by Gasteiger charge is -2.38. The number of rotatable bonds is 2. The normalized spacial score (nSPS) is 21.7. The van der Waals surface area contributed by atoms with E-state index in [0.717, 1.165) is 30.6 Å². The van der Waals surface area contributed by atoms with Crippen molar-refractivity contribution >= 4 is 40.4 Å². The number of Topliss-reactive ketones (excluding diaryl/α,β-unsaturated/α-hetero) is 1. The first-order chi connectivity index (χ1) is 14.9. The average Bonchev–Trinajstić information content (AvgIpc) is 3.06. The SMILES string of the molecule is Cc1cc(Cl)c2nc(C3=Cc4ccc(N5C[C@@H](C)N[C@@H](C)C5)cc4CCC3=O)cn2c1. The number of benzene rings is 1. The molecule has 31 heavy (non-hydrogen) atoms. The standard InChI is InChI=1S/C25H27ClN4O/c1-15-8-22(26)25-28-23(14-30(25)11-15)21-10-19-4-6-20(9-18(19)5-7-24(21)31)29-12-16(2)27-17(3)13-29/h4,6,8-11,14,16-17,27H,5,7,12-13H2,1-3H3/t16-,17+. The highest BCUT2D eigenvalue weighted by Crippen LogP contribution is 2.31. The van der Waals surface area contributed by atoms with Crippen molar-refractivity contribution in [2.75, 3.05) is 18.0 Å². The minimum absolute atomic E-state index is 0.124. The number of aromatic nitrogens is 2. The number of pyridine rings is 1. The van der Waals surface area contributed by atoms with Crippen LogP contribution in [0.5, 0.6) is 0 Å². The molecule has 0 amide bonds. The first-order valence-corrected chi connectivity index (χ1v) is 11.3. The average molecular weight is 435 g/mol. The molecule has 0 saturated carbocycles. The summed E-state index contributed by atoms with van der Waals surface area (Å²) in [5.74, 6) is 0.124. The highest BCUT2D eigenvalue weighted by atomic mass is 35.5. The molecule has 1 N–H and O–H groups in total. The number of aryl methyl sites for hydroxylation is 2. The van der Waals surface area contributed by atoms with Crippen LogP contribution in [-0.4, -0.2) is 40.3 Å². The highest BCUT2D eigenvalue weighted by Gasteiger charge is 2.24. The smallest absolute Gasteiger partial charge is 0.165 e. The fourth-order valence-electron chi connectivity index (χ4n) is 4.84. The van der Waals surface area contributed by atoms with E-state index in [1.165, 1.54) is 11.3 Å². The molecule has 160 valence electrons. The van der Waals surface area contributed by atoms with E-state index in [4.69, 9.17) is 11.6 Å². The summed E-state index contributed by atoms with van der Waals surface area (Å²) in [6.45, 7) is 8.43. The Hall–Kier alpha value is -2.63. The second-order valence-electron chi connectivity index (χ2n) is 8.96. The second-order valence-corrected chi connectivity index (χ2v) is 9.37. The van der Waals surface area contributed by atoms with E-state index < -0.39 is 0 Å². The molecule has 3 heterocycles. The van der Waals surface area contributed by atoms with Crippen LogP contribution in [0.15, 0.2) is 36.7 Å². The molecule has 0 spiro atoms. The summed E-state index contributed by atoms with van der Waals surface area (Å²) in [6.07, 6.45) is 7.11. The molecule has 2 atom stereocenters. The zero-order chi connectivity index (χ0) is 21.7. The topological polar surface area (TPSA) is 49.6 Å². The zero-order valence-corrected chi connectivity index (χ0v) is 18.9. The van der Waals surface area contributed by atoms with E-state index in [1.54, 1.807) is 0 Å². The molecule has 5 rings (SSSR count). The van der Waals surface area contributed by atoms with Gasteiger partial charge in [0, 0.05) is 55.2 Å². The molecule has 1 saturated heterocycles. The third-order valence-electron chi connectivity index (χ3n) is 6.19. The number of carbonyl (C=O) groups is 1. The van der Waals surface area contributed by atoms with Crippen LogP contribution in [-0.2, 0) is 11.2 Å². The Balaban J connectivity index is 1.52. The molecule has 1 fully saturated rings. The van der Waals surface area contributed by atoms with Crippen LogP contribution in [0.1, 0.15) is 42.7 Å². The number of hydrogen-bond acceptors (Lipinski definition) is 4. The minimum Gasteiger partial charge on any atom is -0.368 e. The lowest BCUT2D eigenvalue weighted by molar-refractivity contribution is -0.113. The van der Waals surface area contributed by atoms with Crippen molar-refractivity contribution in [1.82, 2.24) is 14.7 Å². The summed E-state index contributed by atoms with van der Waals surface area (Å²) >= 11 is 6.38. The van der Waals surface area contributed by atoms with Crippen LogP contribution >= 0.6 is 11.6 Å². The Bertz CT molecular complexity index is 1200. The zero-order valence-electron chi connectivity index (χ0n) is 18.2. The lowest BCUT2D eigenvalue weighted by Crippen LogP contribution is -2.54. The first kappa shape index (κ1) is 20.3. The summed E-state index contributed by atoms with van der Waals surface area (Å²) in [4.78, 5) is 20.1. The van der Waals surface area contributed by atoms with Gasteiger partial charge in [0.15, 0.2) is 11.4 Å². The maximum Gasteiger partial charge on any atom is 0.165 e. The van der Waals surface area contributed by atoms with Crippen LogP contribution in [0.2, 0.25) is 5.02 Å². The van der Waals surface area contributed by atoms with E-state index >= 15 is 0 Å². The molecule has 1 aliphatic carbocycles. The van der Waals surface area contributed by atoms with Gasteiger partial charge < -0.3 is 14.6 Å². The first-order valence-electron chi connectivity index (χ1n) is 10.9. The number of hydrogen-bond donors (Lipinski definition) is 1. The highest BCUT2D eigenvalue weighted by molar-refractivity contribution is 6.33. The summed E-state index contributed by atoms with van der Waals surface area (Å²) < 4.78 is 1.91. The molecular formula is C25H27ClN4O. The van der Waals surface area contributed by atoms with Gasteiger partial charge in [-0.2, -0.15) is 0 Å². The molecule has 2 aromatic heterocycles. The molecule has 0 bridgehead atoms. The largest absolute Gasteiger partial charge is 0.368 e. The molecule has 2 aliphatic rings. The van der Waals surface area contributed by atoms with E-state index in [0.29, 0.717) is 40.4 Å². The predicted molar refractivity (Wildman–Crippen MR) is 127 cm³/mol. The van der Waals surface area contributed by atoms with Crippen molar-refractivity contribution in [3.8, 4) is 0 Å². The van der Waals surface area contributed by atoms with E-state index in [2.05, 4.69) is 47.2 Å². The van der Waals surface area contributed by atoms with Gasteiger partial charge in [-0.25, -0.2) is 4.98 Å². The van der Waals surface area contributed by atoms with Crippen molar-refractivity contribution in [1.29, 1.82) is 0 Å². The fourth-order valence-corrected chi connectivity index (χ4v) is 5.15. The molecule has 1 aromatic carbocycles. The molecule has 1 aliphatic heterocycles. The Morgan fingerprint density at radius 3 is 2.65 bits per heavy atom. The number of carbonyl (C=O) groups excluding carboxylic acids is 1. The number of anilines is 1. The minimum atomic E-state index is 0.124. The summed E-state index contributed by atoms with van der Waals surface area (Å²) in [6, 6.07) is 9.40.